The van der Waals surface area contributed by atoms with Gasteiger partial charge in [0.2, 0.25) is 0 Å². The average molecular weight is 359 g/mol. The van der Waals surface area contributed by atoms with Gasteiger partial charge < -0.3 is 11.5 Å². The molecular weight excluding hydrogens is 332 g/mol. The number of thiol groups is 2. The second-order valence-electron chi connectivity index (χ2n) is 7.33. The molecule has 0 spiro atoms. The van der Waals surface area contributed by atoms with Gasteiger partial charge in [0.25, 0.3) is 0 Å². The molecule has 0 bridgehead atoms. The molecule has 24 heavy (non-hydrogen) atoms. The quantitative estimate of drug-likeness (QED) is 0.442. The zero-order valence-corrected chi connectivity index (χ0v) is 16.1. The molecule has 4 N–H and O–H groups in total. The Morgan fingerprint density at radius 2 is 1.38 bits per heavy atom. The summed E-state index contributed by atoms with van der Waals surface area (Å²) in [4.78, 5) is 1.69. The highest BCUT2D eigenvalue weighted by molar-refractivity contribution is 7.80. The van der Waals surface area contributed by atoms with Gasteiger partial charge in [0.1, 0.15) is 0 Å². The van der Waals surface area contributed by atoms with Gasteiger partial charge in [-0.3, -0.25) is 0 Å². The minimum absolute atomic E-state index is 0.0255. The Kier molecular flexibility index (Phi) is 4.80. The largest absolute Gasteiger partial charge is 0.398 e. The molecule has 1 aliphatic rings. The van der Waals surface area contributed by atoms with Gasteiger partial charge in [-0.2, -0.15) is 0 Å². The third-order valence-corrected chi connectivity index (χ3v) is 6.61. The smallest absolute Gasteiger partial charge is 0.0449 e. The number of nitrogens with two attached hydrogens (primary N) is 2. The molecule has 0 amide bonds. The number of rotatable bonds is 2. The van der Waals surface area contributed by atoms with E-state index in [4.69, 9.17) is 11.5 Å². The lowest BCUT2D eigenvalue weighted by atomic mass is 9.60. The zero-order chi connectivity index (χ0) is 17.5. The Balaban J connectivity index is 2.17. The average Bonchev–Trinajstić information content (AvgIpc) is 2.55. The van der Waals surface area contributed by atoms with E-state index < -0.39 is 0 Å². The molecule has 1 aliphatic carbocycles. The number of hydrogen-bond acceptors (Lipinski definition) is 4. The van der Waals surface area contributed by atoms with E-state index in [1.807, 2.05) is 12.1 Å². The molecule has 2 unspecified atom stereocenters. The van der Waals surface area contributed by atoms with Crippen LogP contribution in [0.1, 0.15) is 44.2 Å². The van der Waals surface area contributed by atoms with Crippen molar-refractivity contribution in [3.05, 3.63) is 47.5 Å². The highest BCUT2D eigenvalue weighted by Crippen LogP contribution is 2.49. The fourth-order valence-electron chi connectivity index (χ4n) is 3.99. The van der Waals surface area contributed by atoms with Crippen LogP contribution >= 0.6 is 25.3 Å². The van der Waals surface area contributed by atoms with Crippen LogP contribution in [0.15, 0.2) is 46.2 Å². The van der Waals surface area contributed by atoms with Crippen molar-refractivity contribution in [1.29, 1.82) is 0 Å². The van der Waals surface area contributed by atoms with E-state index in [0.717, 1.165) is 39.9 Å². The highest BCUT2D eigenvalue weighted by atomic mass is 32.1. The summed E-state index contributed by atoms with van der Waals surface area (Å²) < 4.78 is 0. The van der Waals surface area contributed by atoms with Crippen molar-refractivity contribution >= 4 is 36.6 Å². The van der Waals surface area contributed by atoms with Crippen LogP contribution in [0.25, 0.3) is 0 Å². The Hall–Kier alpha value is -1.26. The van der Waals surface area contributed by atoms with E-state index in [2.05, 4.69) is 63.4 Å². The number of benzene rings is 2. The van der Waals surface area contributed by atoms with Crippen LogP contribution in [0.5, 0.6) is 0 Å². The fraction of sp³-hybridized carbons (Fsp3) is 0.400. The molecule has 1 fully saturated rings. The summed E-state index contributed by atoms with van der Waals surface area (Å²) in [6.07, 6.45) is 3.44. The minimum Gasteiger partial charge on any atom is -0.398 e. The maximum Gasteiger partial charge on any atom is 0.0449 e. The molecule has 0 radical (unpaired) electrons. The topological polar surface area (TPSA) is 52.0 Å². The maximum absolute atomic E-state index is 5.99. The van der Waals surface area contributed by atoms with Crippen LogP contribution in [-0.2, 0) is 5.41 Å². The first-order valence-corrected chi connectivity index (χ1v) is 9.41. The van der Waals surface area contributed by atoms with Crippen molar-refractivity contribution in [1.82, 2.24) is 0 Å². The molecule has 0 saturated heterocycles. The lowest BCUT2D eigenvalue weighted by Gasteiger charge is -2.44. The SMILES string of the molecule is CC1CCC(c2ccc(N)c(S)c2)(c2ccc(N)c(S)c2)CC1C. The molecule has 2 nitrogen and oxygen atoms in total. The molecular formula is C20H26N2S2. The van der Waals surface area contributed by atoms with Crippen LogP contribution < -0.4 is 11.5 Å². The van der Waals surface area contributed by atoms with Gasteiger partial charge in [0.15, 0.2) is 0 Å². The normalized spacial score (nSPS) is 23.2. The molecule has 2 aromatic carbocycles. The van der Waals surface area contributed by atoms with Crippen molar-refractivity contribution < 1.29 is 0 Å². The first kappa shape index (κ1) is 17.6. The lowest BCUT2D eigenvalue weighted by molar-refractivity contribution is 0.200. The summed E-state index contributed by atoms with van der Waals surface area (Å²) in [6, 6.07) is 12.5. The van der Waals surface area contributed by atoms with Crippen molar-refractivity contribution in [2.45, 2.75) is 48.3 Å². The molecule has 0 aliphatic heterocycles. The van der Waals surface area contributed by atoms with Gasteiger partial charge in [-0.25, -0.2) is 0 Å². The predicted octanol–water partition coefficient (Wildman–Crippen LogP) is 5.17. The number of anilines is 2. The molecule has 1 saturated carbocycles. The van der Waals surface area contributed by atoms with E-state index in [0.29, 0.717) is 5.92 Å². The van der Waals surface area contributed by atoms with Gasteiger partial charge in [-0.15, -0.1) is 25.3 Å². The van der Waals surface area contributed by atoms with Crippen LogP contribution in [0, 0.1) is 11.8 Å². The Morgan fingerprint density at radius 3 is 1.79 bits per heavy atom. The lowest BCUT2D eigenvalue weighted by Crippen LogP contribution is -2.36. The van der Waals surface area contributed by atoms with Crippen molar-refractivity contribution in [3.8, 4) is 0 Å². The molecule has 2 aromatic rings. The Labute approximate surface area is 155 Å². The van der Waals surface area contributed by atoms with Gasteiger partial charge in [-0.05, 0) is 66.5 Å². The third kappa shape index (κ3) is 3.02. The summed E-state index contributed by atoms with van der Waals surface area (Å²) in [6.45, 7) is 4.71. The summed E-state index contributed by atoms with van der Waals surface area (Å²) in [7, 11) is 0. The van der Waals surface area contributed by atoms with Gasteiger partial charge in [0, 0.05) is 26.6 Å². The number of nitrogen functional groups attached to an aromatic ring is 2. The van der Waals surface area contributed by atoms with E-state index in [9.17, 15) is 0 Å². The second-order valence-corrected chi connectivity index (χ2v) is 8.29. The fourth-order valence-corrected chi connectivity index (χ4v) is 4.41. The maximum atomic E-state index is 5.99. The van der Waals surface area contributed by atoms with Crippen molar-refractivity contribution in [2.75, 3.05) is 11.5 Å². The van der Waals surface area contributed by atoms with Crippen molar-refractivity contribution in [2.24, 2.45) is 11.8 Å². The standard InChI is InChI=1S/C20H26N2S2/c1-12-7-8-20(11-13(12)2,14-3-5-16(21)18(23)9-14)15-4-6-17(22)19(24)10-15/h3-6,9-10,12-13,23-24H,7-8,11,21-22H2,1-2H3. The van der Waals surface area contributed by atoms with Gasteiger partial charge >= 0.3 is 0 Å². The summed E-state index contributed by atoms with van der Waals surface area (Å²) in [5, 5.41) is 0. The highest BCUT2D eigenvalue weighted by Gasteiger charge is 2.40. The summed E-state index contributed by atoms with van der Waals surface area (Å²) in [5.41, 5.74) is 16.0. The Bertz CT molecular complexity index is 706. The first-order chi connectivity index (χ1) is 11.3. The Morgan fingerprint density at radius 1 is 0.875 bits per heavy atom. The monoisotopic (exact) mass is 358 g/mol. The second kappa shape index (κ2) is 6.57. The van der Waals surface area contributed by atoms with Crippen LogP contribution in [-0.4, -0.2) is 0 Å². The molecule has 128 valence electrons. The van der Waals surface area contributed by atoms with E-state index in [1.165, 1.54) is 17.5 Å². The zero-order valence-electron chi connectivity index (χ0n) is 14.3. The third-order valence-electron chi connectivity index (χ3n) is 5.83. The van der Waals surface area contributed by atoms with Crippen LogP contribution in [0.3, 0.4) is 0 Å². The number of hydrogen-bond donors (Lipinski definition) is 4. The van der Waals surface area contributed by atoms with Crippen molar-refractivity contribution in [3.63, 3.8) is 0 Å². The van der Waals surface area contributed by atoms with Crippen LogP contribution in [0.4, 0.5) is 11.4 Å². The molecule has 2 atom stereocenters. The summed E-state index contributed by atoms with van der Waals surface area (Å²) in [5.74, 6) is 1.40. The van der Waals surface area contributed by atoms with E-state index in [1.54, 1.807) is 0 Å². The van der Waals surface area contributed by atoms with Gasteiger partial charge in [0.05, 0.1) is 0 Å². The molecule has 3 rings (SSSR count). The molecule has 0 heterocycles. The minimum atomic E-state index is -0.0255. The summed E-state index contributed by atoms with van der Waals surface area (Å²) >= 11 is 9.11. The molecule has 4 heteroatoms. The van der Waals surface area contributed by atoms with Gasteiger partial charge in [-0.1, -0.05) is 26.0 Å². The van der Waals surface area contributed by atoms with E-state index >= 15 is 0 Å². The molecule has 0 aromatic heterocycles. The van der Waals surface area contributed by atoms with Crippen LogP contribution in [0.2, 0.25) is 0 Å². The predicted molar refractivity (Wildman–Crippen MR) is 109 cm³/mol. The van der Waals surface area contributed by atoms with E-state index in [-0.39, 0.29) is 5.41 Å². The first-order valence-electron chi connectivity index (χ1n) is 8.51.